The Morgan fingerprint density at radius 2 is 2.62 bits per heavy atom. The lowest BCUT2D eigenvalue weighted by molar-refractivity contribution is 0.0508. The molecule has 2 unspecified atom stereocenters. The maximum Gasteiger partial charge on any atom is 0.104 e. The zero-order chi connectivity index (χ0) is 9.52. The second kappa shape index (κ2) is 5.68. The molecular weight excluding hydrogens is 168 g/mol. The number of epoxide rings is 1. The minimum atomic E-state index is -0.0297. The summed E-state index contributed by atoms with van der Waals surface area (Å²) in [5, 5.41) is 8.51. The highest BCUT2D eigenvalue weighted by molar-refractivity contribution is 5.57. The van der Waals surface area contributed by atoms with Gasteiger partial charge in [0.2, 0.25) is 0 Å². The van der Waals surface area contributed by atoms with Gasteiger partial charge >= 0.3 is 0 Å². The van der Waals surface area contributed by atoms with Gasteiger partial charge in [-0.3, -0.25) is 0 Å². The largest absolute Gasteiger partial charge is 0.374 e. The first-order valence-corrected chi connectivity index (χ1v) is 4.37. The molecule has 0 aromatic rings. The van der Waals surface area contributed by atoms with Crippen LogP contribution in [-0.2, 0) is 9.47 Å². The van der Waals surface area contributed by atoms with Gasteiger partial charge in [0.05, 0.1) is 31.8 Å². The van der Waals surface area contributed by atoms with E-state index in [2.05, 4.69) is 11.1 Å². The van der Waals surface area contributed by atoms with Crippen molar-refractivity contribution in [1.29, 1.82) is 5.26 Å². The van der Waals surface area contributed by atoms with Crippen LogP contribution in [0, 0.1) is 11.3 Å². The maximum absolute atomic E-state index is 8.51. The van der Waals surface area contributed by atoms with Crippen molar-refractivity contribution in [3.63, 3.8) is 0 Å². The summed E-state index contributed by atoms with van der Waals surface area (Å²) in [5.74, 6) is 0. The summed E-state index contributed by atoms with van der Waals surface area (Å²) >= 11 is 0. The average molecular weight is 182 g/mol. The lowest BCUT2D eigenvalue weighted by atomic mass is 10.2. The van der Waals surface area contributed by atoms with Crippen LogP contribution in [0.4, 0.5) is 0 Å². The quantitative estimate of drug-likeness (QED) is 0.450. The van der Waals surface area contributed by atoms with E-state index < -0.39 is 0 Å². The van der Waals surface area contributed by atoms with Crippen LogP contribution in [0.5, 0.6) is 0 Å². The van der Waals surface area contributed by atoms with Gasteiger partial charge in [0.15, 0.2) is 0 Å². The molecule has 72 valence electrons. The number of hydrogen-bond acceptors (Lipinski definition) is 4. The molecule has 0 aliphatic carbocycles. The van der Waals surface area contributed by atoms with Crippen molar-refractivity contribution in [2.75, 3.05) is 20.3 Å². The molecule has 1 rings (SSSR count). The Bertz CT molecular complexity index is 206. The summed E-state index contributed by atoms with van der Waals surface area (Å²) in [4.78, 5) is 3.85. The fraction of sp³-hybridized carbons (Fsp3) is 0.778. The molecule has 0 N–H and O–H groups in total. The Morgan fingerprint density at radius 1 is 1.85 bits per heavy atom. The predicted octanol–water partition coefficient (Wildman–Crippen LogP) is 0.775. The van der Waals surface area contributed by atoms with Gasteiger partial charge in [-0.2, -0.15) is 5.26 Å². The highest BCUT2D eigenvalue weighted by Gasteiger charge is 2.23. The van der Waals surface area contributed by atoms with E-state index in [0.717, 1.165) is 6.61 Å². The zero-order valence-electron chi connectivity index (χ0n) is 7.77. The van der Waals surface area contributed by atoms with Crippen molar-refractivity contribution in [1.82, 2.24) is 0 Å². The molecule has 1 aliphatic rings. The van der Waals surface area contributed by atoms with Gasteiger partial charge in [-0.15, -0.1) is 0 Å². The topological polar surface area (TPSA) is 57.9 Å². The van der Waals surface area contributed by atoms with Gasteiger partial charge in [-0.05, 0) is 0 Å². The van der Waals surface area contributed by atoms with Crippen molar-refractivity contribution in [2.45, 2.75) is 25.0 Å². The summed E-state index contributed by atoms with van der Waals surface area (Å²) in [5.41, 5.74) is 0. The summed E-state index contributed by atoms with van der Waals surface area (Å²) in [6.45, 7) is 1.39. The molecular formula is C9H14N2O2. The Kier molecular flexibility index (Phi) is 4.44. The highest BCUT2D eigenvalue weighted by Crippen LogP contribution is 2.11. The average Bonchev–Trinajstić information content (AvgIpc) is 2.93. The third-order valence-corrected chi connectivity index (χ3v) is 1.79. The molecule has 4 nitrogen and oxygen atoms in total. The first-order valence-electron chi connectivity index (χ1n) is 4.37. The molecule has 0 radical (unpaired) electrons. The van der Waals surface area contributed by atoms with Crippen molar-refractivity contribution in [3.8, 4) is 6.07 Å². The molecule has 1 fully saturated rings. The van der Waals surface area contributed by atoms with Crippen molar-refractivity contribution < 1.29 is 9.47 Å². The fourth-order valence-electron chi connectivity index (χ4n) is 0.943. The van der Waals surface area contributed by atoms with Crippen LogP contribution in [0.1, 0.15) is 12.8 Å². The highest BCUT2D eigenvalue weighted by atomic mass is 16.6. The molecule has 0 spiro atoms. The monoisotopic (exact) mass is 182 g/mol. The number of nitrogens with zero attached hydrogens (tertiary/aromatic N) is 2. The molecule has 1 aliphatic heterocycles. The minimum absolute atomic E-state index is 0.0297. The number of hydrogen-bond donors (Lipinski definition) is 0. The van der Waals surface area contributed by atoms with E-state index >= 15 is 0 Å². The molecule has 0 aromatic carbocycles. The van der Waals surface area contributed by atoms with Crippen LogP contribution < -0.4 is 0 Å². The number of ether oxygens (including phenoxy) is 2. The molecule has 13 heavy (non-hydrogen) atoms. The Labute approximate surface area is 78.2 Å². The van der Waals surface area contributed by atoms with E-state index in [9.17, 15) is 0 Å². The van der Waals surface area contributed by atoms with Crippen LogP contribution in [0.25, 0.3) is 0 Å². The van der Waals surface area contributed by atoms with E-state index in [1.165, 1.54) is 0 Å². The van der Waals surface area contributed by atoms with Gasteiger partial charge in [0.25, 0.3) is 0 Å². The van der Waals surface area contributed by atoms with Crippen molar-refractivity contribution in [2.24, 2.45) is 4.99 Å². The van der Waals surface area contributed by atoms with E-state index in [4.69, 9.17) is 14.7 Å². The van der Waals surface area contributed by atoms with Gasteiger partial charge < -0.3 is 14.5 Å². The van der Waals surface area contributed by atoms with Crippen LogP contribution >= 0.6 is 0 Å². The Balaban J connectivity index is 2.15. The molecule has 0 amide bonds. The third-order valence-electron chi connectivity index (χ3n) is 1.79. The smallest absolute Gasteiger partial charge is 0.104 e. The molecule has 0 aromatic heterocycles. The Hall–Kier alpha value is -0.920. The normalized spacial score (nSPS) is 22.9. The predicted molar refractivity (Wildman–Crippen MR) is 48.7 cm³/mol. The standard InChI is InChI=1S/C9H14N2O2/c1-11-5-3-8(2-4-10)12-6-9-7-13-9/h5,8-9H,2-3,6-7H2,1H3. The van der Waals surface area contributed by atoms with E-state index in [0.29, 0.717) is 19.4 Å². The van der Waals surface area contributed by atoms with Crippen molar-refractivity contribution >= 4 is 6.21 Å². The van der Waals surface area contributed by atoms with E-state index in [1.54, 1.807) is 13.3 Å². The molecule has 0 saturated carbocycles. The molecule has 1 saturated heterocycles. The third kappa shape index (κ3) is 4.61. The zero-order valence-corrected chi connectivity index (χ0v) is 7.77. The van der Waals surface area contributed by atoms with Crippen LogP contribution in [-0.4, -0.2) is 38.7 Å². The SMILES string of the molecule is CN=CCC(CC#N)OCC1CO1. The number of nitriles is 1. The Morgan fingerprint density at radius 3 is 3.15 bits per heavy atom. The van der Waals surface area contributed by atoms with Gasteiger partial charge in [0.1, 0.15) is 6.10 Å². The first-order chi connectivity index (χ1) is 6.36. The molecule has 2 atom stereocenters. The lowest BCUT2D eigenvalue weighted by Crippen LogP contribution is -2.16. The second-order valence-electron chi connectivity index (χ2n) is 2.95. The summed E-state index contributed by atoms with van der Waals surface area (Å²) in [6, 6.07) is 2.09. The van der Waals surface area contributed by atoms with Gasteiger partial charge in [0, 0.05) is 19.7 Å². The fourth-order valence-corrected chi connectivity index (χ4v) is 0.943. The first kappa shape index (κ1) is 10.2. The van der Waals surface area contributed by atoms with E-state index in [1.807, 2.05) is 0 Å². The van der Waals surface area contributed by atoms with Gasteiger partial charge in [-0.1, -0.05) is 0 Å². The van der Waals surface area contributed by atoms with E-state index in [-0.39, 0.29) is 12.2 Å². The summed E-state index contributed by atoms with van der Waals surface area (Å²) < 4.78 is 10.5. The van der Waals surface area contributed by atoms with Gasteiger partial charge in [-0.25, -0.2) is 0 Å². The molecule has 4 heteroatoms. The number of aliphatic imine (C=N–C) groups is 1. The number of rotatable bonds is 6. The minimum Gasteiger partial charge on any atom is -0.374 e. The second-order valence-corrected chi connectivity index (χ2v) is 2.95. The summed E-state index contributed by atoms with van der Waals surface area (Å²) in [7, 11) is 1.72. The molecule has 0 bridgehead atoms. The lowest BCUT2D eigenvalue weighted by Gasteiger charge is -2.10. The summed E-state index contributed by atoms with van der Waals surface area (Å²) in [6.07, 6.45) is 3.13. The van der Waals surface area contributed by atoms with Crippen LogP contribution in [0.2, 0.25) is 0 Å². The van der Waals surface area contributed by atoms with Crippen molar-refractivity contribution in [3.05, 3.63) is 0 Å². The van der Waals surface area contributed by atoms with Crippen LogP contribution in [0.3, 0.4) is 0 Å². The van der Waals surface area contributed by atoms with Crippen LogP contribution in [0.15, 0.2) is 4.99 Å². The molecule has 1 heterocycles. The maximum atomic E-state index is 8.51.